The minimum absolute atomic E-state index is 0.269. The highest BCUT2D eigenvalue weighted by Gasteiger charge is 2.22. The van der Waals surface area contributed by atoms with Gasteiger partial charge in [-0.05, 0) is 19.1 Å². The Morgan fingerprint density at radius 2 is 2.14 bits per heavy atom. The van der Waals surface area contributed by atoms with Crippen LogP contribution in [0.4, 0.5) is 5.69 Å². The van der Waals surface area contributed by atoms with Crippen LogP contribution in [0.2, 0.25) is 0 Å². The third-order valence-corrected chi connectivity index (χ3v) is 5.32. The monoisotopic (exact) mass is 322 g/mol. The summed E-state index contributed by atoms with van der Waals surface area (Å²) in [5.74, 6) is -0.108. The Balaban J connectivity index is 2.37. The summed E-state index contributed by atoms with van der Waals surface area (Å²) >= 11 is 2.98. The van der Waals surface area contributed by atoms with Crippen LogP contribution in [0.15, 0.2) is 33.4 Å². The van der Waals surface area contributed by atoms with E-state index >= 15 is 0 Å². The number of hydrogen-bond acceptors (Lipinski definition) is 6. The molecule has 0 amide bonds. The number of ether oxygens (including phenoxy) is 1. The molecule has 21 heavy (non-hydrogen) atoms. The molecule has 0 aliphatic rings. The highest BCUT2D eigenvalue weighted by atomic mass is 32.2. The summed E-state index contributed by atoms with van der Waals surface area (Å²) in [4.78, 5) is 17.4. The normalized spacial score (nSPS) is 10.9. The average Bonchev–Trinajstić information content (AvgIpc) is 2.86. The topological polar surface area (TPSA) is 65.2 Å². The lowest BCUT2D eigenvalue weighted by Gasteiger charge is -2.04. The average molecular weight is 322 g/mol. The fourth-order valence-corrected chi connectivity index (χ4v) is 3.88. The van der Waals surface area contributed by atoms with Crippen LogP contribution >= 0.6 is 23.1 Å². The molecular weight excluding hydrogens is 304 g/mol. The van der Waals surface area contributed by atoms with Crippen LogP contribution in [-0.4, -0.2) is 17.6 Å². The first kappa shape index (κ1) is 15.9. The largest absolute Gasteiger partial charge is 0.461 e. The number of rotatable bonds is 5. The third kappa shape index (κ3) is 3.77. The van der Waals surface area contributed by atoms with Gasteiger partial charge < -0.3 is 10.5 Å². The van der Waals surface area contributed by atoms with Crippen molar-refractivity contribution < 1.29 is 9.53 Å². The maximum absolute atomic E-state index is 12.1. The van der Waals surface area contributed by atoms with Gasteiger partial charge in [0.1, 0.15) is 0 Å². The van der Waals surface area contributed by atoms with Gasteiger partial charge in [-0.25, -0.2) is 9.78 Å². The molecule has 2 N–H and O–H groups in total. The van der Waals surface area contributed by atoms with Crippen molar-refractivity contribution in [2.24, 2.45) is 0 Å². The van der Waals surface area contributed by atoms with Crippen molar-refractivity contribution in [3.8, 4) is 0 Å². The zero-order chi connectivity index (χ0) is 15.4. The van der Waals surface area contributed by atoms with E-state index in [-0.39, 0.29) is 11.9 Å². The second-order valence-electron chi connectivity index (χ2n) is 4.70. The number of nitrogens with two attached hydrogens (primary N) is 1. The number of nitrogens with zero attached hydrogens (tertiary/aromatic N) is 1. The molecule has 0 spiro atoms. The molecule has 0 aliphatic carbocycles. The van der Waals surface area contributed by atoms with E-state index in [0.29, 0.717) is 18.0 Å². The lowest BCUT2D eigenvalue weighted by Crippen LogP contribution is -2.06. The summed E-state index contributed by atoms with van der Waals surface area (Å²) in [5.41, 5.74) is 7.05. The molecule has 0 aliphatic heterocycles. The smallest absolute Gasteiger partial charge is 0.359 e. The molecule has 0 unspecified atom stereocenters. The molecule has 2 rings (SSSR count). The van der Waals surface area contributed by atoms with Crippen molar-refractivity contribution in [2.75, 3.05) is 12.3 Å². The summed E-state index contributed by atoms with van der Waals surface area (Å²) < 4.78 is 5.92. The van der Waals surface area contributed by atoms with Gasteiger partial charge in [0.15, 0.2) is 5.69 Å². The standard InChI is InChI=1S/C15H18N2O2S2/c1-4-19-14(18)12-15(21-13(17-12)9(2)3)20-11-8-6-5-7-10(11)16/h5-9H,4,16H2,1-3H3. The van der Waals surface area contributed by atoms with E-state index in [4.69, 9.17) is 10.5 Å². The number of carbonyl (C=O) groups is 1. The van der Waals surface area contributed by atoms with E-state index < -0.39 is 0 Å². The number of carbonyl (C=O) groups excluding carboxylic acids is 1. The highest BCUT2D eigenvalue weighted by Crippen LogP contribution is 2.39. The number of benzene rings is 1. The SMILES string of the molecule is CCOC(=O)c1nc(C(C)C)sc1Sc1ccccc1N. The first-order chi connectivity index (χ1) is 10.0. The highest BCUT2D eigenvalue weighted by molar-refractivity contribution is 8.01. The van der Waals surface area contributed by atoms with Crippen LogP contribution in [-0.2, 0) is 4.74 Å². The molecule has 0 saturated heterocycles. The Kier molecular flexibility index (Phi) is 5.25. The lowest BCUT2D eigenvalue weighted by atomic mass is 10.2. The number of hydrogen-bond donors (Lipinski definition) is 1. The molecule has 6 heteroatoms. The number of esters is 1. The molecular formula is C15H18N2O2S2. The Morgan fingerprint density at radius 1 is 1.43 bits per heavy atom. The van der Waals surface area contributed by atoms with Crippen LogP contribution in [0.1, 0.15) is 42.2 Å². The molecule has 1 aromatic carbocycles. The predicted molar refractivity (Wildman–Crippen MR) is 87.1 cm³/mol. The molecule has 2 aromatic rings. The van der Waals surface area contributed by atoms with Crippen molar-refractivity contribution in [3.05, 3.63) is 35.0 Å². The summed E-state index contributed by atoms with van der Waals surface area (Å²) in [6, 6.07) is 7.59. The minimum atomic E-state index is -0.377. The Hall–Kier alpha value is -1.53. The first-order valence-corrected chi connectivity index (χ1v) is 8.36. The fourth-order valence-electron chi connectivity index (χ4n) is 1.64. The minimum Gasteiger partial charge on any atom is -0.461 e. The maximum atomic E-state index is 12.1. The van der Waals surface area contributed by atoms with Crippen LogP contribution in [0.3, 0.4) is 0 Å². The van der Waals surface area contributed by atoms with E-state index in [2.05, 4.69) is 18.8 Å². The van der Waals surface area contributed by atoms with Gasteiger partial charge in [0.2, 0.25) is 0 Å². The molecule has 0 fully saturated rings. The summed E-state index contributed by atoms with van der Waals surface area (Å²) in [7, 11) is 0. The summed E-state index contributed by atoms with van der Waals surface area (Å²) in [6.45, 7) is 6.23. The van der Waals surface area contributed by atoms with Gasteiger partial charge in [0, 0.05) is 16.5 Å². The number of aromatic nitrogens is 1. The molecule has 112 valence electrons. The van der Waals surface area contributed by atoms with E-state index in [0.717, 1.165) is 14.1 Å². The molecule has 0 radical (unpaired) electrons. The summed E-state index contributed by atoms with van der Waals surface area (Å²) in [6.07, 6.45) is 0. The Bertz CT molecular complexity index is 638. The fraction of sp³-hybridized carbons (Fsp3) is 0.333. The van der Waals surface area contributed by atoms with Crippen LogP contribution in [0.25, 0.3) is 0 Å². The van der Waals surface area contributed by atoms with Crippen molar-refractivity contribution in [2.45, 2.75) is 35.8 Å². The van der Waals surface area contributed by atoms with Gasteiger partial charge in [-0.2, -0.15) is 0 Å². The zero-order valence-corrected chi connectivity index (χ0v) is 13.9. The van der Waals surface area contributed by atoms with Gasteiger partial charge in [-0.15, -0.1) is 11.3 Å². The van der Waals surface area contributed by atoms with Crippen molar-refractivity contribution in [1.82, 2.24) is 4.98 Å². The zero-order valence-electron chi connectivity index (χ0n) is 12.3. The maximum Gasteiger partial charge on any atom is 0.359 e. The van der Waals surface area contributed by atoms with E-state index in [9.17, 15) is 4.79 Å². The van der Waals surface area contributed by atoms with Crippen LogP contribution in [0.5, 0.6) is 0 Å². The number of thiazole rings is 1. The van der Waals surface area contributed by atoms with Crippen molar-refractivity contribution in [3.63, 3.8) is 0 Å². The van der Waals surface area contributed by atoms with Crippen molar-refractivity contribution >= 4 is 34.8 Å². The number of para-hydroxylation sites is 1. The molecule has 4 nitrogen and oxygen atoms in total. The number of anilines is 1. The van der Waals surface area contributed by atoms with Crippen molar-refractivity contribution in [1.29, 1.82) is 0 Å². The molecule has 1 aromatic heterocycles. The Labute approximate surface area is 132 Å². The lowest BCUT2D eigenvalue weighted by molar-refractivity contribution is 0.0516. The van der Waals surface area contributed by atoms with E-state index in [1.165, 1.54) is 23.1 Å². The third-order valence-electron chi connectivity index (χ3n) is 2.70. The quantitative estimate of drug-likeness (QED) is 0.661. The van der Waals surface area contributed by atoms with Gasteiger partial charge >= 0.3 is 5.97 Å². The summed E-state index contributed by atoms with van der Waals surface area (Å²) in [5, 5.41) is 0.926. The molecule has 0 saturated carbocycles. The molecule has 1 heterocycles. The molecule has 0 atom stereocenters. The van der Waals surface area contributed by atoms with Crippen LogP contribution in [0, 0.1) is 0 Å². The van der Waals surface area contributed by atoms with E-state index in [1.54, 1.807) is 6.92 Å². The predicted octanol–water partition coefficient (Wildman–Crippen LogP) is 4.18. The van der Waals surface area contributed by atoms with Crippen LogP contribution < -0.4 is 5.73 Å². The number of nitrogen functional groups attached to an aromatic ring is 1. The van der Waals surface area contributed by atoms with Gasteiger partial charge in [0.05, 0.1) is 15.8 Å². The second-order valence-corrected chi connectivity index (χ2v) is 7.04. The van der Waals surface area contributed by atoms with Gasteiger partial charge in [0.25, 0.3) is 0 Å². The van der Waals surface area contributed by atoms with Gasteiger partial charge in [-0.3, -0.25) is 0 Å². The first-order valence-electron chi connectivity index (χ1n) is 6.73. The molecule has 0 bridgehead atoms. The Morgan fingerprint density at radius 3 is 2.76 bits per heavy atom. The van der Waals surface area contributed by atoms with Gasteiger partial charge in [-0.1, -0.05) is 37.7 Å². The van der Waals surface area contributed by atoms with E-state index in [1.807, 2.05) is 24.3 Å². The second kappa shape index (κ2) is 6.95.